The second-order valence-electron chi connectivity index (χ2n) is 7.57. The number of hydrogen-bond acceptors (Lipinski definition) is 5. The number of aliphatic imine (C=N–C) groups is 1. The van der Waals surface area contributed by atoms with Crippen molar-refractivity contribution in [1.82, 2.24) is 4.98 Å². The summed E-state index contributed by atoms with van der Waals surface area (Å²) in [5.74, 6) is -0.377. The lowest BCUT2D eigenvalue weighted by Gasteiger charge is -2.12. The van der Waals surface area contributed by atoms with Gasteiger partial charge in [0.05, 0.1) is 23.1 Å². The molecule has 0 spiro atoms. The summed E-state index contributed by atoms with van der Waals surface area (Å²) in [4.78, 5) is 37.9. The minimum atomic E-state index is -0.208. The summed E-state index contributed by atoms with van der Waals surface area (Å²) in [6.07, 6.45) is 7.22. The van der Waals surface area contributed by atoms with E-state index >= 15 is 0 Å². The number of nitrogens with zero attached hydrogens (tertiary/aromatic N) is 3. The van der Waals surface area contributed by atoms with Gasteiger partial charge in [0.2, 0.25) is 0 Å². The number of nitrogens with one attached hydrogen (secondary N) is 1. The first-order valence-corrected chi connectivity index (χ1v) is 11.7. The summed E-state index contributed by atoms with van der Waals surface area (Å²) in [5, 5.41) is 3.54. The van der Waals surface area contributed by atoms with E-state index in [2.05, 4.69) is 26.2 Å². The molecule has 0 fully saturated rings. The molecule has 0 saturated carbocycles. The van der Waals surface area contributed by atoms with Gasteiger partial charge in [0, 0.05) is 28.2 Å². The van der Waals surface area contributed by atoms with E-state index in [0.29, 0.717) is 22.0 Å². The molecule has 2 aliphatic rings. The summed E-state index contributed by atoms with van der Waals surface area (Å²) in [6.45, 7) is 0. The van der Waals surface area contributed by atoms with Crippen LogP contribution in [-0.2, 0) is 17.6 Å². The fourth-order valence-corrected chi connectivity index (χ4v) is 5.70. The Hall–Kier alpha value is -2.84. The number of halogens is 1. The zero-order valence-electron chi connectivity index (χ0n) is 16.8. The number of benzene rings is 1. The molecular weight excluding hydrogens is 476 g/mol. The Bertz CT molecular complexity index is 1240. The molecule has 1 N–H and O–H groups in total. The number of aryl methyl sites for hydroxylation is 1. The molecule has 3 aromatic rings. The third-order valence-corrected chi connectivity index (χ3v) is 7.27. The first kappa shape index (κ1) is 20.1. The fraction of sp³-hybridized carbons (Fsp3) is 0.217. The maximum atomic E-state index is 13.3. The molecule has 2 amide bonds. The van der Waals surface area contributed by atoms with Gasteiger partial charge in [0.1, 0.15) is 10.7 Å². The lowest BCUT2D eigenvalue weighted by Crippen LogP contribution is -2.25. The van der Waals surface area contributed by atoms with Crippen molar-refractivity contribution in [3.63, 3.8) is 0 Å². The van der Waals surface area contributed by atoms with Gasteiger partial charge in [-0.2, -0.15) is 0 Å². The second-order valence-corrected chi connectivity index (χ2v) is 9.57. The molecule has 2 aromatic heterocycles. The number of amides is 2. The minimum Gasteiger partial charge on any atom is -0.320 e. The van der Waals surface area contributed by atoms with Crippen LogP contribution in [0, 0.1) is 0 Å². The van der Waals surface area contributed by atoms with Crippen LogP contribution in [-0.4, -0.2) is 29.6 Å². The first-order valence-electron chi connectivity index (χ1n) is 10.1. The van der Waals surface area contributed by atoms with Gasteiger partial charge in [0.25, 0.3) is 11.8 Å². The van der Waals surface area contributed by atoms with Gasteiger partial charge in [-0.15, -0.1) is 11.3 Å². The Morgan fingerprint density at radius 3 is 2.90 bits per heavy atom. The Morgan fingerprint density at radius 1 is 1.26 bits per heavy atom. The van der Waals surface area contributed by atoms with Gasteiger partial charge in [-0.05, 0) is 61.6 Å². The van der Waals surface area contributed by atoms with E-state index in [9.17, 15) is 9.59 Å². The Labute approximate surface area is 192 Å². The number of thiophene rings is 1. The molecule has 0 bridgehead atoms. The number of anilines is 2. The molecule has 1 aromatic carbocycles. The van der Waals surface area contributed by atoms with Crippen molar-refractivity contribution in [2.45, 2.75) is 25.7 Å². The Balaban J connectivity index is 1.62. The standard InChI is InChI=1S/C23H19BrN4O2S/c1-28-17-9-8-13(24)11-16(17)20(23(28)30)27-22-19(15-6-2-3-7-18(15)31-22)21(29)26-14-5-4-10-25-12-14/h4-5,8-12H,2-3,6-7H2,1H3,(H,26,29). The lowest BCUT2D eigenvalue weighted by molar-refractivity contribution is -0.111. The van der Waals surface area contributed by atoms with Crippen LogP contribution < -0.4 is 10.2 Å². The van der Waals surface area contributed by atoms with E-state index < -0.39 is 0 Å². The van der Waals surface area contributed by atoms with Gasteiger partial charge >= 0.3 is 0 Å². The highest BCUT2D eigenvalue weighted by molar-refractivity contribution is 9.10. The van der Waals surface area contributed by atoms with E-state index in [1.54, 1.807) is 36.5 Å². The third kappa shape index (κ3) is 3.59. The minimum absolute atomic E-state index is 0.168. The molecular formula is C23H19BrN4O2S. The van der Waals surface area contributed by atoms with Crippen molar-refractivity contribution >= 4 is 61.2 Å². The number of aromatic nitrogens is 1. The highest BCUT2D eigenvalue weighted by atomic mass is 79.9. The van der Waals surface area contributed by atoms with E-state index in [-0.39, 0.29) is 11.8 Å². The first-order chi connectivity index (χ1) is 15.0. The predicted octanol–water partition coefficient (Wildman–Crippen LogP) is 5.13. The largest absolute Gasteiger partial charge is 0.320 e. The molecule has 1 aliphatic heterocycles. The van der Waals surface area contributed by atoms with Crippen LogP contribution in [0.25, 0.3) is 0 Å². The van der Waals surface area contributed by atoms with Crippen LogP contribution in [0.2, 0.25) is 0 Å². The fourth-order valence-electron chi connectivity index (χ4n) is 4.08. The Morgan fingerprint density at radius 2 is 2.10 bits per heavy atom. The topological polar surface area (TPSA) is 74.7 Å². The molecule has 6 nitrogen and oxygen atoms in total. The number of hydrogen-bond donors (Lipinski definition) is 1. The number of rotatable bonds is 3. The van der Waals surface area contributed by atoms with Crippen LogP contribution in [0.1, 0.15) is 39.2 Å². The van der Waals surface area contributed by atoms with Crippen LogP contribution in [0.3, 0.4) is 0 Å². The number of pyridine rings is 1. The highest BCUT2D eigenvalue weighted by Gasteiger charge is 2.33. The molecule has 0 unspecified atom stereocenters. The molecule has 0 radical (unpaired) electrons. The number of likely N-dealkylation sites (N-methyl/N-ethyl adjacent to an activating group) is 1. The van der Waals surface area contributed by atoms with Crippen LogP contribution in [0.5, 0.6) is 0 Å². The van der Waals surface area contributed by atoms with E-state index in [1.165, 1.54) is 16.2 Å². The molecule has 5 rings (SSSR count). The normalized spacial score (nSPS) is 16.4. The number of carbonyl (C=O) groups is 2. The third-order valence-electron chi connectivity index (χ3n) is 5.59. The van der Waals surface area contributed by atoms with Crippen molar-refractivity contribution in [3.8, 4) is 0 Å². The maximum Gasteiger partial charge on any atom is 0.277 e. The summed E-state index contributed by atoms with van der Waals surface area (Å²) in [7, 11) is 1.74. The van der Waals surface area contributed by atoms with Crippen molar-refractivity contribution in [3.05, 3.63) is 68.8 Å². The molecule has 8 heteroatoms. The van der Waals surface area contributed by atoms with Crippen molar-refractivity contribution < 1.29 is 9.59 Å². The molecule has 31 heavy (non-hydrogen) atoms. The Kier molecular flexibility index (Phi) is 5.19. The number of carbonyl (C=O) groups excluding carboxylic acids is 2. The summed E-state index contributed by atoms with van der Waals surface area (Å²) < 4.78 is 0.877. The van der Waals surface area contributed by atoms with E-state index in [1.807, 2.05) is 18.2 Å². The summed E-state index contributed by atoms with van der Waals surface area (Å²) >= 11 is 5.01. The lowest BCUT2D eigenvalue weighted by atomic mass is 9.95. The van der Waals surface area contributed by atoms with Gasteiger partial charge in [-0.25, -0.2) is 4.99 Å². The van der Waals surface area contributed by atoms with Crippen LogP contribution >= 0.6 is 27.3 Å². The van der Waals surface area contributed by atoms with Crippen molar-refractivity contribution in [1.29, 1.82) is 0 Å². The number of fused-ring (bicyclic) bond motifs is 2. The predicted molar refractivity (Wildman–Crippen MR) is 127 cm³/mol. The molecule has 156 valence electrons. The average molecular weight is 495 g/mol. The van der Waals surface area contributed by atoms with Crippen molar-refractivity contribution in [2.75, 3.05) is 17.3 Å². The molecule has 0 saturated heterocycles. The van der Waals surface area contributed by atoms with Gasteiger partial charge in [-0.1, -0.05) is 15.9 Å². The zero-order chi connectivity index (χ0) is 21.5. The van der Waals surface area contributed by atoms with Gasteiger partial charge < -0.3 is 10.2 Å². The summed E-state index contributed by atoms with van der Waals surface area (Å²) in [5.41, 5.74) is 4.22. The smallest absolute Gasteiger partial charge is 0.277 e. The monoisotopic (exact) mass is 494 g/mol. The van der Waals surface area contributed by atoms with Gasteiger partial charge in [-0.3, -0.25) is 14.6 Å². The van der Waals surface area contributed by atoms with Crippen LogP contribution in [0.4, 0.5) is 16.4 Å². The van der Waals surface area contributed by atoms with E-state index in [0.717, 1.165) is 47.0 Å². The molecule has 1 aliphatic carbocycles. The quantitative estimate of drug-likeness (QED) is 0.547. The molecule has 0 atom stereocenters. The van der Waals surface area contributed by atoms with Crippen molar-refractivity contribution in [2.24, 2.45) is 4.99 Å². The SMILES string of the molecule is CN1C(=O)C(=Nc2sc3c(c2C(=O)Nc2cccnc2)CCCC3)c2cc(Br)ccc21. The maximum absolute atomic E-state index is 13.3. The highest BCUT2D eigenvalue weighted by Crippen LogP contribution is 2.42. The van der Waals surface area contributed by atoms with E-state index in [4.69, 9.17) is 4.99 Å². The van der Waals surface area contributed by atoms with Gasteiger partial charge in [0.15, 0.2) is 0 Å². The zero-order valence-corrected chi connectivity index (χ0v) is 19.2. The second kappa shape index (κ2) is 8.01. The van der Waals surface area contributed by atoms with Crippen LogP contribution in [0.15, 0.2) is 52.2 Å². The summed E-state index contributed by atoms with van der Waals surface area (Å²) in [6, 6.07) is 9.29. The average Bonchev–Trinajstić information content (AvgIpc) is 3.25. The molecule has 3 heterocycles.